The molecule has 0 aliphatic heterocycles. The maximum atomic E-state index is 12.6. The summed E-state index contributed by atoms with van der Waals surface area (Å²) >= 11 is 0. The van der Waals surface area contributed by atoms with Gasteiger partial charge >= 0.3 is 0 Å². The van der Waals surface area contributed by atoms with Crippen molar-refractivity contribution in [3.63, 3.8) is 0 Å². The van der Waals surface area contributed by atoms with Crippen molar-refractivity contribution in [2.24, 2.45) is 0 Å². The van der Waals surface area contributed by atoms with Crippen molar-refractivity contribution in [2.75, 3.05) is 13.2 Å². The number of rotatable bonds is 7. The topological polar surface area (TPSA) is 77.5 Å². The molecular weight excluding hydrogens is 320 g/mol. The minimum absolute atomic E-state index is 0.0385. The van der Waals surface area contributed by atoms with Gasteiger partial charge in [-0.25, -0.2) is 0 Å². The smallest absolute Gasteiger partial charge is 0.232 e. The number of hydrogen-bond donors (Lipinski definition) is 1. The van der Waals surface area contributed by atoms with Crippen LogP contribution in [0.25, 0.3) is 11.5 Å². The van der Waals surface area contributed by atoms with E-state index >= 15 is 0 Å². The molecule has 1 amide bonds. The molecular formula is C19H18N2O4. The summed E-state index contributed by atoms with van der Waals surface area (Å²) in [4.78, 5) is 12.6. The first-order valence-electron chi connectivity index (χ1n) is 8.25. The van der Waals surface area contributed by atoms with Crippen LogP contribution in [0.15, 0.2) is 63.7 Å². The van der Waals surface area contributed by atoms with Crippen LogP contribution in [-0.4, -0.2) is 24.2 Å². The van der Waals surface area contributed by atoms with Gasteiger partial charge in [0.25, 0.3) is 0 Å². The lowest BCUT2D eigenvalue weighted by molar-refractivity contribution is -0.123. The highest BCUT2D eigenvalue weighted by Crippen LogP contribution is 2.48. The van der Waals surface area contributed by atoms with E-state index in [1.807, 2.05) is 30.3 Å². The number of hydrogen-bond acceptors (Lipinski definition) is 5. The Balaban J connectivity index is 1.34. The number of carbonyl (C=O) groups excluding carboxylic acids is 1. The molecule has 1 aliphatic rings. The maximum Gasteiger partial charge on any atom is 0.232 e. The Morgan fingerprint density at radius 2 is 2.00 bits per heavy atom. The molecule has 2 aromatic heterocycles. The van der Waals surface area contributed by atoms with Crippen LogP contribution in [0.4, 0.5) is 0 Å². The molecule has 0 saturated heterocycles. The van der Waals surface area contributed by atoms with Crippen LogP contribution in [-0.2, 0) is 10.2 Å². The molecule has 3 aromatic rings. The Kier molecular flexibility index (Phi) is 4.01. The predicted octanol–water partition coefficient (Wildman–Crippen LogP) is 3.16. The van der Waals surface area contributed by atoms with Crippen LogP contribution in [0.2, 0.25) is 0 Å². The molecule has 1 N–H and O–H groups in total. The van der Waals surface area contributed by atoms with Crippen LogP contribution >= 0.6 is 0 Å². The highest BCUT2D eigenvalue weighted by atomic mass is 16.5. The van der Waals surface area contributed by atoms with Gasteiger partial charge in [-0.15, -0.1) is 0 Å². The number of aromatic nitrogens is 1. The number of furan rings is 1. The normalized spacial score (nSPS) is 14.9. The fourth-order valence-corrected chi connectivity index (χ4v) is 2.78. The van der Waals surface area contributed by atoms with E-state index in [0.717, 1.165) is 18.6 Å². The van der Waals surface area contributed by atoms with Crippen molar-refractivity contribution in [3.8, 4) is 17.3 Å². The van der Waals surface area contributed by atoms with Crippen LogP contribution in [0.3, 0.4) is 0 Å². The Labute approximate surface area is 144 Å². The first-order valence-corrected chi connectivity index (χ1v) is 8.25. The van der Waals surface area contributed by atoms with Crippen LogP contribution < -0.4 is 10.1 Å². The van der Waals surface area contributed by atoms with Gasteiger partial charge in [0, 0.05) is 6.07 Å². The van der Waals surface area contributed by atoms with Crippen molar-refractivity contribution in [1.29, 1.82) is 0 Å². The lowest BCUT2D eigenvalue weighted by Gasteiger charge is -2.12. The van der Waals surface area contributed by atoms with E-state index in [-0.39, 0.29) is 5.91 Å². The Hall–Kier alpha value is -3.02. The third-order valence-corrected chi connectivity index (χ3v) is 4.35. The molecule has 1 saturated carbocycles. The van der Waals surface area contributed by atoms with Crippen LogP contribution in [0.5, 0.6) is 5.75 Å². The molecule has 6 heteroatoms. The van der Waals surface area contributed by atoms with Gasteiger partial charge in [-0.3, -0.25) is 4.79 Å². The van der Waals surface area contributed by atoms with Gasteiger partial charge in [0.2, 0.25) is 11.7 Å². The van der Waals surface area contributed by atoms with Crippen molar-refractivity contribution in [2.45, 2.75) is 18.3 Å². The molecule has 128 valence electrons. The number of nitrogens with one attached hydrogen (secondary N) is 1. The fourth-order valence-electron chi connectivity index (χ4n) is 2.78. The number of amides is 1. The molecule has 1 aromatic carbocycles. The van der Waals surface area contributed by atoms with Gasteiger partial charge in [0.1, 0.15) is 12.4 Å². The summed E-state index contributed by atoms with van der Waals surface area (Å²) in [5.41, 5.74) is 0.0709. The van der Waals surface area contributed by atoms with Crippen LogP contribution in [0, 0.1) is 0 Å². The molecule has 25 heavy (non-hydrogen) atoms. The summed E-state index contributed by atoms with van der Waals surface area (Å²) in [7, 11) is 0. The second-order valence-corrected chi connectivity index (χ2v) is 6.05. The molecule has 1 aliphatic carbocycles. The average Bonchev–Trinajstić information content (AvgIpc) is 3.06. The molecule has 0 spiro atoms. The summed E-state index contributed by atoms with van der Waals surface area (Å²) in [6.45, 7) is 0.862. The van der Waals surface area contributed by atoms with Gasteiger partial charge < -0.3 is 19.0 Å². The SMILES string of the molecule is O=C(NCCOc1ccccc1)C1(c2cc(-c3ccco3)on2)CC1. The van der Waals surface area contributed by atoms with Gasteiger partial charge in [-0.05, 0) is 37.1 Å². The van der Waals surface area contributed by atoms with Crippen molar-refractivity contribution >= 4 is 5.91 Å². The summed E-state index contributed by atoms with van der Waals surface area (Å²) in [6.07, 6.45) is 3.11. The first-order chi connectivity index (χ1) is 12.3. The Morgan fingerprint density at radius 1 is 1.16 bits per heavy atom. The molecule has 0 atom stereocenters. The van der Waals surface area contributed by atoms with E-state index in [0.29, 0.717) is 30.4 Å². The second-order valence-electron chi connectivity index (χ2n) is 6.05. The van der Waals surface area contributed by atoms with E-state index in [2.05, 4.69) is 10.5 Å². The highest BCUT2D eigenvalue weighted by molar-refractivity contribution is 5.90. The standard InChI is InChI=1S/C19H18N2O4/c22-18(20-10-12-23-14-5-2-1-3-6-14)19(8-9-19)17-13-16(25-21-17)15-7-4-11-24-15/h1-7,11,13H,8-10,12H2,(H,20,22). The zero-order chi connectivity index (χ0) is 17.1. The summed E-state index contributed by atoms with van der Waals surface area (Å²) in [5, 5.41) is 7.01. The van der Waals surface area contributed by atoms with E-state index in [1.165, 1.54) is 0 Å². The largest absolute Gasteiger partial charge is 0.492 e. The zero-order valence-corrected chi connectivity index (χ0v) is 13.6. The number of para-hydroxylation sites is 1. The zero-order valence-electron chi connectivity index (χ0n) is 13.6. The summed E-state index contributed by atoms with van der Waals surface area (Å²) < 4.78 is 16.2. The number of ether oxygens (including phenoxy) is 1. The predicted molar refractivity (Wildman–Crippen MR) is 90.1 cm³/mol. The molecule has 1 fully saturated rings. The minimum Gasteiger partial charge on any atom is -0.492 e. The number of benzene rings is 1. The molecule has 2 heterocycles. The molecule has 4 rings (SSSR count). The van der Waals surface area contributed by atoms with E-state index in [1.54, 1.807) is 24.5 Å². The monoisotopic (exact) mass is 338 g/mol. The summed E-state index contributed by atoms with van der Waals surface area (Å²) in [5.74, 6) is 1.89. The third kappa shape index (κ3) is 3.15. The molecule has 6 nitrogen and oxygen atoms in total. The maximum absolute atomic E-state index is 12.6. The molecule has 0 radical (unpaired) electrons. The fraction of sp³-hybridized carbons (Fsp3) is 0.263. The van der Waals surface area contributed by atoms with E-state index < -0.39 is 5.41 Å². The van der Waals surface area contributed by atoms with E-state index in [9.17, 15) is 4.79 Å². The van der Waals surface area contributed by atoms with Gasteiger partial charge in [-0.1, -0.05) is 23.4 Å². The third-order valence-electron chi connectivity index (χ3n) is 4.35. The number of carbonyl (C=O) groups is 1. The molecule has 0 bridgehead atoms. The Bertz CT molecular complexity index is 835. The summed E-state index contributed by atoms with van der Waals surface area (Å²) in [6, 6.07) is 14.9. The van der Waals surface area contributed by atoms with Crippen molar-refractivity contribution in [3.05, 3.63) is 60.5 Å². The average molecular weight is 338 g/mol. The lowest BCUT2D eigenvalue weighted by atomic mass is 10.0. The van der Waals surface area contributed by atoms with Gasteiger partial charge in [0.15, 0.2) is 5.76 Å². The molecule has 0 unspecified atom stereocenters. The van der Waals surface area contributed by atoms with Crippen molar-refractivity contribution in [1.82, 2.24) is 10.5 Å². The minimum atomic E-state index is -0.582. The van der Waals surface area contributed by atoms with Gasteiger partial charge in [0.05, 0.1) is 23.9 Å². The lowest BCUT2D eigenvalue weighted by Crippen LogP contribution is -2.37. The quantitative estimate of drug-likeness (QED) is 0.670. The van der Waals surface area contributed by atoms with Crippen molar-refractivity contribution < 1.29 is 18.5 Å². The van der Waals surface area contributed by atoms with Gasteiger partial charge in [-0.2, -0.15) is 0 Å². The second kappa shape index (κ2) is 6.47. The van der Waals surface area contributed by atoms with E-state index in [4.69, 9.17) is 13.7 Å². The highest BCUT2D eigenvalue weighted by Gasteiger charge is 2.53. The first kappa shape index (κ1) is 15.5. The van der Waals surface area contributed by atoms with Crippen LogP contribution in [0.1, 0.15) is 18.5 Å². The Morgan fingerprint density at radius 3 is 2.72 bits per heavy atom. The number of nitrogens with zero attached hydrogens (tertiary/aromatic N) is 1.